The van der Waals surface area contributed by atoms with Crippen LogP contribution in [0.25, 0.3) is 0 Å². The Morgan fingerprint density at radius 1 is 1.00 bits per heavy atom. The van der Waals surface area contributed by atoms with Gasteiger partial charge in [-0.2, -0.15) is 0 Å². The van der Waals surface area contributed by atoms with Crippen molar-refractivity contribution in [2.45, 2.75) is 96.8 Å². The van der Waals surface area contributed by atoms with Crippen LogP contribution in [0, 0.1) is 0 Å². The Hall–Kier alpha value is -1.46. The summed E-state index contributed by atoms with van der Waals surface area (Å²) in [5.41, 5.74) is 5.71. The van der Waals surface area contributed by atoms with Gasteiger partial charge in [-0.15, -0.1) is 0 Å². The van der Waals surface area contributed by atoms with E-state index in [1.807, 2.05) is 6.20 Å². The van der Waals surface area contributed by atoms with E-state index < -0.39 is 5.97 Å². The lowest BCUT2D eigenvalue weighted by atomic mass is 10.1. The number of hydrogen-bond acceptors (Lipinski definition) is 3. The maximum absolute atomic E-state index is 11.2. The summed E-state index contributed by atoms with van der Waals surface area (Å²) in [5, 5.41) is 9.23. The smallest absolute Gasteiger partial charge is 0.360 e. The molecule has 166 valence electrons. The lowest BCUT2D eigenvalue weighted by Gasteiger charge is -2.30. The van der Waals surface area contributed by atoms with Crippen molar-refractivity contribution in [3.8, 4) is 0 Å². The lowest BCUT2D eigenvalue weighted by molar-refractivity contribution is -0.778. The number of carboxylic acids is 1. The van der Waals surface area contributed by atoms with Gasteiger partial charge in [0, 0.05) is 13.0 Å². The van der Waals surface area contributed by atoms with Gasteiger partial charge in [-0.25, -0.2) is 14.3 Å². The van der Waals surface area contributed by atoms with Crippen LogP contribution in [0.5, 0.6) is 0 Å². The van der Waals surface area contributed by atoms with Crippen LogP contribution in [-0.4, -0.2) is 41.0 Å². The Morgan fingerprint density at radius 3 is 2.17 bits per heavy atom. The Balaban J connectivity index is 2.06. The molecule has 0 radical (unpaired) electrons. The largest absolute Gasteiger partial charge is 0.477 e. The predicted molar refractivity (Wildman–Crippen MR) is 123 cm³/mol. The number of amidine groups is 1. The van der Waals surface area contributed by atoms with Crippen molar-refractivity contribution in [2.75, 3.05) is 19.6 Å². The summed E-state index contributed by atoms with van der Waals surface area (Å²) in [7, 11) is 0. The van der Waals surface area contributed by atoms with E-state index in [1.54, 1.807) is 6.20 Å². The number of rotatable bonds is 19. The molecule has 0 aromatic heterocycles. The molecule has 0 bridgehead atoms. The quantitative estimate of drug-likeness (QED) is 0.162. The summed E-state index contributed by atoms with van der Waals surface area (Å²) in [5.74, 6) is 0.0990. The molecule has 0 spiro atoms. The van der Waals surface area contributed by atoms with E-state index in [-0.39, 0.29) is 11.0 Å². The van der Waals surface area contributed by atoms with Crippen molar-refractivity contribution in [2.24, 2.45) is 10.7 Å². The van der Waals surface area contributed by atoms with E-state index >= 15 is 0 Å². The molecule has 0 fully saturated rings. The number of quaternary nitrogens is 1. The van der Waals surface area contributed by atoms with E-state index in [4.69, 9.17) is 5.73 Å². The van der Waals surface area contributed by atoms with Crippen molar-refractivity contribution in [1.29, 1.82) is 0 Å². The number of nitrogens with two attached hydrogens (primary N) is 1. The van der Waals surface area contributed by atoms with Crippen molar-refractivity contribution >= 4 is 11.8 Å². The van der Waals surface area contributed by atoms with Gasteiger partial charge in [0.15, 0.2) is 6.54 Å². The second-order valence-corrected chi connectivity index (χ2v) is 8.28. The number of aliphatic imine (C=N–C) groups is 1. The molecule has 0 aromatic rings. The monoisotopic (exact) mass is 406 g/mol. The van der Waals surface area contributed by atoms with Crippen molar-refractivity contribution < 1.29 is 14.4 Å². The Morgan fingerprint density at radius 2 is 1.59 bits per heavy atom. The first-order valence-electron chi connectivity index (χ1n) is 11.8. The predicted octanol–water partition coefficient (Wildman–Crippen LogP) is 5.77. The minimum atomic E-state index is -0.815. The zero-order chi connectivity index (χ0) is 21.2. The van der Waals surface area contributed by atoms with E-state index in [1.165, 1.54) is 70.6 Å². The van der Waals surface area contributed by atoms with Crippen LogP contribution in [-0.2, 0) is 4.79 Å². The van der Waals surface area contributed by atoms with Gasteiger partial charge in [0.25, 0.3) is 0 Å². The fraction of sp³-hybridized carbons (Fsp3) is 0.750. The van der Waals surface area contributed by atoms with Gasteiger partial charge in [-0.3, -0.25) is 0 Å². The molecule has 0 amide bonds. The van der Waals surface area contributed by atoms with Gasteiger partial charge in [0.1, 0.15) is 12.7 Å². The molecule has 1 unspecified atom stereocenters. The fourth-order valence-corrected chi connectivity index (χ4v) is 4.01. The summed E-state index contributed by atoms with van der Waals surface area (Å²) in [6.45, 7) is 3.33. The number of carbonyl (C=O) groups is 1. The highest BCUT2D eigenvalue weighted by molar-refractivity contribution is 5.81. The van der Waals surface area contributed by atoms with Gasteiger partial charge < -0.3 is 10.8 Å². The molecule has 0 aliphatic carbocycles. The molecule has 1 rings (SSSR count). The molecular weight excluding hydrogens is 362 g/mol. The highest BCUT2D eigenvalue weighted by Crippen LogP contribution is 2.20. The third-order valence-electron chi connectivity index (χ3n) is 5.71. The first kappa shape index (κ1) is 25.6. The summed E-state index contributed by atoms with van der Waals surface area (Å²) in [6, 6.07) is 0. The van der Waals surface area contributed by atoms with Crippen LogP contribution in [0.1, 0.15) is 96.8 Å². The summed E-state index contributed by atoms with van der Waals surface area (Å²) >= 11 is 0. The topological polar surface area (TPSA) is 75.7 Å². The zero-order valence-corrected chi connectivity index (χ0v) is 18.7. The molecule has 29 heavy (non-hydrogen) atoms. The maximum atomic E-state index is 11.2. The van der Waals surface area contributed by atoms with E-state index in [0.717, 1.165) is 25.1 Å². The molecule has 0 saturated carbocycles. The fourth-order valence-electron chi connectivity index (χ4n) is 4.01. The molecule has 1 aliphatic heterocycles. The van der Waals surface area contributed by atoms with Crippen LogP contribution in [0.3, 0.4) is 0 Å². The summed E-state index contributed by atoms with van der Waals surface area (Å²) in [4.78, 5) is 15.7. The lowest BCUT2D eigenvalue weighted by Crippen LogP contribution is -2.52. The van der Waals surface area contributed by atoms with Crippen LogP contribution in [0.2, 0.25) is 0 Å². The minimum Gasteiger partial charge on any atom is -0.477 e. The molecule has 1 atom stereocenters. The number of unbranched alkanes of at least 4 members (excludes halogenated alkanes) is 11. The number of carboxylic acid groups (broad SMARTS) is 1. The van der Waals surface area contributed by atoms with Gasteiger partial charge in [-0.1, -0.05) is 83.3 Å². The van der Waals surface area contributed by atoms with Crippen LogP contribution in [0.4, 0.5) is 0 Å². The second kappa shape index (κ2) is 16.3. The first-order valence-corrected chi connectivity index (χ1v) is 11.8. The van der Waals surface area contributed by atoms with Gasteiger partial charge in [0.2, 0.25) is 5.84 Å². The molecule has 0 aromatic carbocycles. The Bertz CT molecular complexity index is 528. The van der Waals surface area contributed by atoms with E-state index in [2.05, 4.69) is 24.1 Å². The molecule has 3 N–H and O–H groups in total. The number of aliphatic carboxylic acids is 1. The van der Waals surface area contributed by atoms with E-state index in [9.17, 15) is 9.90 Å². The average molecular weight is 407 g/mol. The zero-order valence-electron chi connectivity index (χ0n) is 18.7. The van der Waals surface area contributed by atoms with Crippen molar-refractivity contribution in [3.05, 3.63) is 24.6 Å². The van der Waals surface area contributed by atoms with Crippen molar-refractivity contribution in [3.63, 3.8) is 0 Å². The molecule has 1 heterocycles. The van der Waals surface area contributed by atoms with Gasteiger partial charge in [0.05, 0.1) is 6.20 Å². The Labute approximate surface area is 178 Å². The Kier molecular flexibility index (Phi) is 14.4. The third-order valence-corrected chi connectivity index (χ3v) is 5.71. The average Bonchev–Trinajstić information content (AvgIpc) is 3.06. The molecule has 5 heteroatoms. The summed E-state index contributed by atoms with van der Waals surface area (Å²) < 4.78 is 0.276. The maximum Gasteiger partial charge on any atom is 0.360 e. The van der Waals surface area contributed by atoms with Crippen LogP contribution < -0.4 is 5.73 Å². The molecular formula is C24H44N3O2+. The summed E-state index contributed by atoms with van der Waals surface area (Å²) in [6.07, 6.45) is 26.0. The van der Waals surface area contributed by atoms with Gasteiger partial charge >= 0.3 is 5.97 Å². The minimum absolute atomic E-state index is 0.0228. The van der Waals surface area contributed by atoms with Crippen LogP contribution >= 0.6 is 0 Å². The molecule has 5 nitrogen and oxygen atoms in total. The number of allylic oxidation sites excluding steroid dienone is 2. The number of nitrogens with zero attached hydrogens (tertiary/aromatic N) is 2. The standard InChI is InChI=1S/C24H43N3O2/c1-2-3-4-5-6-7-8-9-10-11-12-13-14-15-16-17-23-26-19-21-27(23,20-18-25)22-24(28)29/h14-15,19,21H,2-13,16-18,20,22,25H2,1H3/p+1/b15-14+. The highest BCUT2D eigenvalue weighted by Gasteiger charge is 2.36. The SMILES string of the molecule is CCCCCCCCCCCCC/C=C/CCC1=NC=C[N+]1(CCN)CC(=O)O. The third kappa shape index (κ3) is 11.3. The van der Waals surface area contributed by atoms with Crippen LogP contribution in [0.15, 0.2) is 29.5 Å². The number of hydrogen-bond donors (Lipinski definition) is 2. The second-order valence-electron chi connectivity index (χ2n) is 8.28. The van der Waals surface area contributed by atoms with E-state index in [0.29, 0.717) is 13.1 Å². The molecule has 1 aliphatic rings. The highest BCUT2D eigenvalue weighted by atomic mass is 16.4. The van der Waals surface area contributed by atoms with Gasteiger partial charge in [-0.05, 0) is 19.3 Å². The molecule has 0 saturated heterocycles. The first-order chi connectivity index (χ1) is 14.1. The van der Waals surface area contributed by atoms with Crippen molar-refractivity contribution in [1.82, 2.24) is 0 Å². The normalized spacial score (nSPS) is 18.6.